The van der Waals surface area contributed by atoms with Gasteiger partial charge in [0.1, 0.15) is 6.04 Å². The van der Waals surface area contributed by atoms with Crippen molar-refractivity contribution in [1.82, 2.24) is 4.90 Å². The molecule has 1 saturated heterocycles. The van der Waals surface area contributed by atoms with Crippen molar-refractivity contribution in [2.45, 2.75) is 6.04 Å². The first-order valence-electron chi connectivity index (χ1n) is 8.68. The molecular formula is C19H20Cl2N4O3. The van der Waals surface area contributed by atoms with Crippen LogP contribution in [0.15, 0.2) is 42.5 Å². The first-order valence-corrected chi connectivity index (χ1v) is 9.44. The van der Waals surface area contributed by atoms with E-state index in [0.29, 0.717) is 53.3 Å². The first kappa shape index (κ1) is 20.4. The minimum absolute atomic E-state index is 0.248. The van der Waals surface area contributed by atoms with E-state index in [1.807, 2.05) is 4.90 Å². The fourth-order valence-corrected chi connectivity index (χ4v) is 3.60. The zero-order valence-electron chi connectivity index (χ0n) is 15.0. The third-order valence-electron chi connectivity index (χ3n) is 4.31. The molecule has 1 aliphatic heterocycles. The Kier molecular flexibility index (Phi) is 6.74. The van der Waals surface area contributed by atoms with Gasteiger partial charge >= 0.3 is 6.03 Å². The van der Waals surface area contributed by atoms with Crippen molar-refractivity contribution in [3.63, 3.8) is 0 Å². The first-order chi connectivity index (χ1) is 13.4. The van der Waals surface area contributed by atoms with E-state index in [1.54, 1.807) is 42.5 Å². The Hall–Kier alpha value is -2.32. The van der Waals surface area contributed by atoms with Gasteiger partial charge in [-0.3, -0.25) is 9.69 Å². The summed E-state index contributed by atoms with van der Waals surface area (Å²) in [6, 6.07) is 10.5. The Balaban J connectivity index is 1.87. The Morgan fingerprint density at radius 2 is 1.71 bits per heavy atom. The lowest BCUT2D eigenvalue weighted by Gasteiger charge is -2.34. The van der Waals surface area contributed by atoms with Crippen molar-refractivity contribution in [3.8, 4) is 0 Å². The molecule has 3 rings (SSSR count). The highest BCUT2D eigenvalue weighted by Crippen LogP contribution is 2.31. The molecule has 0 unspecified atom stereocenters. The summed E-state index contributed by atoms with van der Waals surface area (Å²) in [4.78, 5) is 26.2. The largest absolute Gasteiger partial charge is 0.379 e. The van der Waals surface area contributed by atoms with Gasteiger partial charge in [0.15, 0.2) is 0 Å². The Labute approximate surface area is 172 Å². The zero-order valence-corrected chi connectivity index (χ0v) is 16.5. The van der Waals surface area contributed by atoms with E-state index in [-0.39, 0.29) is 5.91 Å². The van der Waals surface area contributed by atoms with Crippen molar-refractivity contribution in [2.24, 2.45) is 5.73 Å². The fraction of sp³-hybridized carbons (Fsp3) is 0.263. The number of nitrogens with one attached hydrogen (secondary N) is 2. The topological polar surface area (TPSA) is 96.7 Å². The van der Waals surface area contributed by atoms with Crippen LogP contribution in [0.4, 0.5) is 16.2 Å². The molecule has 0 aromatic heterocycles. The second-order valence-electron chi connectivity index (χ2n) is 6.28. The van der Waals surface area contributed by atoms with Gasteiger partial charge in [0.05, 0.1) is 13.2 Å². The van der Waals surface area contributed by atoms with E-state index < -0.39 is 12.1 Å². The quantitative estimate of drug-likeness (QED) is 0.686. The van der Waals surface area contributed by atoms with Crippen LogP contribution >= 0.6 is 23.2 Å². The Morgan fingerprint density at radius 3 is 2.36 bits per heavy atom. The molecule has 0 spiro atoms. The molecule has 7 nitrogen and oxygen atoms in total. The molecule has 9 heteroatoms. The van der Waals surface area contributed by atoms with Crippen LogP contribution in [0, 0.1) is 0 Å². The summed E-state index contributed by atoms with van der Waals surface area (Å²) in [6.45, 7) is 2.26. The molecule has 0 bridgehead atoms. The number of carbonyl (C=O) groups is 2. The molecule has 0 radical (unpaired) electrons. The molecule has 2 aromatic carbocycles. The highest BCUT2D eigenvalue weighted by atomic mass is 35.5. The van der Waals surface area contributed by atoms with Gasteiger partial charge in [-0.05, 0) is 35.9 Å². The van der Waals surface area contributed by atoms with Crippen molar-refractivity contribution in [1.29, 1.82) is 0 Å². The second kappa shape index (κ2) is 9.25. The number of nitrogens with two attached hydrogens (primary N) is 1. The van der Waals surface area contributed by atoms with Crippen LogP contribution in [0.25, 0.3) is 0 Å². The maximum absolute atomic E-state index is 13.2. The van der Waals surface area contributed by atoms with Gasteiger partial charge in [0, 0.05) is 34.5 Å². The molecule has 3 amide bonds. The molecule has 28 heavy (non-hydrogen) atoms. The van der Waals surface area contributed by atoms with Gasteiger partial charge in [-0.25, -0.2) is 4.79 Å². The van der Waals surface area contributed by atoms with Gasteiger partial charge in [-0.15, -0.1) is 0 Å². The summed E-state index contributed by atoms with van der Waals surface area (Å²) >= 11 is 12.4. The number of carbonyl (C=O) groups excluding carboxylic acids is 2. The number of hydrogen-bond donors (Lipinski definition) is 3. The summed E-state index contributed by atoms with van der Waals surface area (Å²) in [6.07, 6.45) is 0. The molecule has 2 aromatic rings. The maximum Gasteiger partial charge on any atom is 0.316 e. The van der Waals surface area contributed by atoms with Crippen LogP contribution in [-0.4, -0.2) is 43.1 Å². The average Bonchev–Trinajstić information content (AvgIpc) is 2.64. The lowest BCUT2D eigenvalue weighted by Crippen LogP contribution is -2.44. The summed E-state index contributed by atoms with van der Waals surface area (Å²) < 4.78 is 5.41. The van der Waals surface area contributed by atoms with E-state index >= 15 is 0 Å². The van der Waals surface area contributed by atoms with Crippen LogP contribution in [0.3, 0.4) is 0 Å². The van der Waals surface area contributed by atoms with E-state index in [0.717, 1.165) is 0 Å². The number of primary amides is 1. The predicted octanol–water partition coefficient (Wildman–Crippen LogP) is 3.50. The Morgan fingerprint density at radius 1 is 1.04 bits per heavy atom. The van der Waals surface area contributed by atoms with Gasteiger partial charge in [-0.2, -0.15) is 0 Å². The van der Waals surface area contributed by atoms with Crippen molar-refractivity contribution < 1.29 is 14.3 Å². The average molecular weight is 423 g/mol. The van der Waals surface area contributed by atoms with Gasteiger partial charge in [0.2, 0.25) is 5.91 Å². The van der Waals surface area contributed by atoms with Crippen LogP contribution in [-0.2, 0) is 9.53 Å². The monoisotopic (exact) mass is 422 g/mol. The smallest absolute Gasteiger partial charge is 0.316 e. The van der Waals surface area contributed by atoms with E-state index in [9.17, 15) is 9.59 Å². The standard InChI is InChI=1S/C19H20Cl2N4O3/c20-12-4-5-15(16(21)10-12)17(25-6-8-28-9-7-25)18(26)23-13-2-1-3-14(11-13)24-19(22)27/h1-5,10-11,17H,6-9H2,(H,23,26)(H3,22,24,27)/t17-/m0/s1. The molecular weight excluding hydrogens is 403 g/mol. The molecule has 1 fully saturated rings. The summed E-state index contributed by atoms with van der Waals surface area (Å²) in [5.41, 5.74) is 6.82. The van der Waals surface area contributed by atoms with E-state index in [4.69, 9.17) is 33.7 Å². The number of halogens is 2. The predicted molar refractivity (Wildman–Crippen MR) is 110 cm³/mol. The van der Waals surface area contributed by atoms with Gasteiger partial charge in [0.25, 0.3) is 0 Å². The van der Waals surface area contributed by atoms with Crippen LogP contribution in [0.2, 0.25) is 10.0 Å². The van der Waals surface area contributed by atoms with Crippen LogP contribution in [0.1, 0.15) is 11.6 Å². The number of amides is 3. The zero-order chi connectivity index (χ0) is 20.1. The minimum atomic E-state index is -0.678. The number of rotatable bonds is 5. The van der Waals surface area contributed by atoms with E-state index in [1.165, 1.54) is 0 Å². The highest BCUT2D eigenvalue weighted by molar-refractivity contribution is 6.35. The normalized spacial score (nSPS) is 15.6. The highest BCUT2D eigenvalue weighted by Gasteiger charge is 2.31. The Bertz CT molecular complexity index is 872. The molecule has 1 heterocycles. The molecule has 148 valence electrons. The van der Waals surface area contributed by atoms with Crippen molar-refractivity contribution in [2.75, 3.05) is 36.9 Å². The number of morpholine rings is 1. The molecule has 1 atom stereocenters. The number of hydrogen-bond acceptors (Lipinski definition) is 4. The maximum atomic E-state index is 13.2. The lowest BCUT2D eigenvalue weighted by atomic mass is 10.0. The molecule has 0 aliphatic carbocycles. The second-order valence-corrected chi connectivity index (χ2v) is 7.12. The number of nitrogens with zero attached hydrogens (tertiary/aromatic N) is 1. The number of anilines is 2. The van der Waals surface area contributed by atoms with Gasteiger partial charge < -0.3 is 21.1 Å². The minimum Gasteiger partial charge on any atom is -0.379 e. The lowest BCUT2D eigenvalue weighted by molar-refractivity contribution is -0.123. The third-order valence-corrected chi connectivity index (χ3v) is 4.88. The summed E-state index contributed by atoms with van der Waals surface area (Å²) in [5.74, 6) is -0.248. The summed E-state index contributed by atoms with van der Waals surface area (Å²) in [5, 5.41) is 6.29. The summed E-state index contributed by atoms with van der Waals surface area (Å²) in [7, 11) is 0. The van der Waals surface area contributed by atoms with Crippen molar-refractivity contribution >= 4 is 46.5 Å². The van der Waals surface area contributed by atoms with Crippen LogP contribution < -0.4 is 16.4 Å². The third kappa shape index (κ3) is 5.14. The molecule has 1 aliphatic rings. The fourth-order valence-electron chi connectivity index (χ4n) is 3.09. The SMILES string of the molecule is NC(=O)Nc1cccc(NC(=O)[C@H](c2ccc(Cl)cc2Cl)N2CCOCC2)c1. The number of benzene rings is 2. The van der Waals surface area contributed by atoms with Gasteiger partial charge in [-0.1, -0.05) is 35.3 Å². The number of urea groups is 1. The van der Waals surface area contributed by atoms with E-state index in [2.05, 4.69) is 10.6 Å². The molecule has 4 N–H and O–H groups in total. The van der Waals surface area contributed by atoms with Crippen LogP contribution in [0.5, 0.6) is 0 Å². The molecule has 0 saturated carbocycles. The van der Waals surface area contributed by atoms with Crippen molar-refractivity contribution in [3.05, 3.63) is 58.1 Å². The number of ether oxygens (including phenoxy) is 1.